The Labute approximate surface area is 116 Å². The fourth-order valence-electron chi connectivity index (χ4n) is 2.85. The van der Waals surface area contributed by atoms with Crippen LogP contribution in [-0.2, 0) is 9.59 Å². The average Bonchev–Trinajstić information content (AvgIpc) is 3.09. The normalized spacial score (nSPS) is 27.4. The highest BCUT2D eigenvalue weighted by atomic mass is 32.1. The van der Waals surface area contributed by atoms with Gasteiger partial charge in [-0.1, -0.05) is 0 Å². The second-order valence-electron chi connectivity index (χ2n) is 5.07. The van der Waals surface area contributed by atoms with E-state index in [2.05, 4.69) is 10.3 Å². The van der Waals surface area contributed by atoms with Crippen molar-refractivity contribution in [2.45, 2.75) is 44.2 Å². The molecule has 2 saturated heterocycles. The van der Waals surface area contributed by atoms with Gasteiger partial charge in [0.15, 0.2) is 0 Å². The first-order valence-corrected chi connectivity index (χ1v) is 7.63. The molecule has 0 aromatic carbocycles. The Kier molecular flexibility index (Phi) is 3.50. The van der Waals surface area contributed by atoms with E-state index < -0.39 is 0 Å². The lowest BCUT2D eigenvalue weighted by Crippen LogP contribution is -2.47. The van der Waals surface area contributed by atoms with E-state index in [1.54, 1.807) is 17.5 Å². The van der Waals surface area contributed by atoms with Gasteiger partial charge in [0.05, 0.1) is 6.04 Å². The molecule has 3 heterocycles. The summed E-state index contributed by atoms with van der Waals surface area (Å²) in [6.45, 7) is 0.773. The summed E-state index contributed by atoms with van der Waals surface area (Å²) >= 11 is 1.60. The molecular formula is C13H17N3O2S. The maximum atomic E-state index is 12.5. The number of nitrogens with one attached hydrogen (secondary N) is 1. The van der Waals surface area contributed by atoms with Gasteiger partial charge in [-0.25, -0.2) is 4.98 Å². The molecule has 3 rings (SSSR count). The number of hydrogen-bond acceptors (Lipinski definition) is 4. The highest BCUT2D eigenvalue weighted by molar-refractivity contribution is 7.09. The van der Waals surface area contributed by atoms with Crippen LogP contribution in [0.5, 0.6) is 0 Å². The molecular weight excluding hydrogens is 262 g/mol. The molecule has 5 nitrogen and oxygen atoms in total. The van der Waals surface area contributed by atoms with Gasteiger partial charge in [0.25, 0.3) is 0 Å². The van der Waals surface area contributed by atoms with E-state index in [0.29, 0.717) is 12.8 Å². The number of nitrogens with zero attached hydrogens (tertiary/aromatic N) is 2. The van der Waals surface area contributed by atoms with E-state index in [0.717, 1.165) is 30.8 Å². The molecule has 2 atom stereocenters. The van der Waals surface area contributed by atoms with Gasteiger partial charge in [0.1, 0.15) is 11.0 Å². The van der Waals surface area contributed by atoms with E-state index in [4.69, 9.17) is 0 Å². The summed E-state index contributed by atoms with van der Waals surface area (Å²) < 4.78 is 0. The summed E-state index contributed by atoms with van der Waals surface area (Å²) in [6, 6.07) is -0.230. The summed E-state index contributed by atoms with van der Waals surface area (Å²) in [5.41, 5.74) is 0. The van der Waals surface area contributed by atoms with Gasteiger partial charge in [0, 0.05) is 24.5 Å². The Bertz CT molecular complexity index is 474. The zero-order valence-electron chi connectivity index (χ0n) is 10.7. The number of carbonyl (C=O) groups excluding carboxylic acids is 2. The van der Waals surface area contributed by atoms with Gasteiger partial charge < -0.3 is 10.2 Å². The molecule has 2 amide bonds. The van der Waals surface area contributed by atoms with E-state index in [-0.39, 0.29) is 23.9 Å². The fourth-order valence-corrected chi connectivity index (χ4v) is 3.64. The Balaban J connectivity index is 1.76. The van der Waals surface area contributed by atoms with Crippen LogP contribution in [0.25, 0.3) is 0 Å². The molecule has 2 aliphatic rings. The third-order valence-corrected chi connectivity index (χ3v) is 4.69. The molecule has 0 unspecified atom stereocenters. The number of thiazole rings is 1. The van der Waals surface area contributed by atoms with Gasteiger partial charge in [0.2, 0.25) is 11.8 Å². The first kappa shape index (κ1) is 12.6. The standard InChI is InChI=1S/C13H17N3O2S/c17-11-5-4-9(15-11)13(18)16-7-2-1-3-10(16)12-14-6-8-19-12/h6,8-10H,1-5,7H2,(H,15,17)/t9-,10-/m1/s1. The van der Waals surface area contributed by atoms with Gasteiger partial charge >= 0.3 is 0 Å². The molecule has 102 valence electrons. The minimum atomic E-state index is -0.326. The number of hydrogen-bond donors (Lipinski definition) is 1. The lowest BCUT2D eigenvalue weighted by molar-refractivity contribution is -0.138. The first-order chi connectivity index (χ1) is 9.25. The van der Waals surface area contributed by atoms with Crippen molar-refractivity contribution in [2.24, 2.45) is 0 Å². The van der Waals surface area contributed by atoms with Crippen molar-refractivity contribution in [3.8, 4) is 0 Å². The van der Waals surface area contributed by atoms with Gasteiger partial charge in [-0.3, -0.25) is 9.59 Å². The summed E-state index contributed by atoms with van der Waals surface area (Å²) in [6.07, 6.45) is 6.01. The number of amides is 2. The van der Waals surface area contributed by atoms with Gasteiger partial charge in [-0.15, -0.1) is 11.3 Å². The maximum absolute atomic E-state index is 12.5. The molecule has 0 radical (unpaired) electrons. The van der Waals surface area contributed by atoms with Crippen LogP contribution in [0.1, 0.15) is 43.2 Å². The summed E-state index contributed by atoms with van der Waals surface area (Å²) in [5, 5.41) is 5.73. The number of rotatable bonds is 2. The molecule has 6 heteroatoms. The number of carbonyl (C=O) groups is 2. The van der Waals surface area contributed by atoms with Gasteiger partial charge in [-0.05, 0) is 25.7 Å². The zero-order valence-corrected chi connectivity index (χ0v) is 11.5. The lowest BCUT2D eigenvalue weighted by atomic mass is 10.0. The molecule has 0 aliphatic carbocycles. The third-order valence-electron chi connectivity index (χ3n) is 3.82. The highest BCUT2D eigenvalue weighted by Gasteiger charge is 2.36. The maximum Gasteiger partial charge on any atom is 0.245 e. The minimum absolute atomic E-state index is 0.0128. The van der Waals surface area contributed by atoms with Crippen LogP contribution in [0.3, 0.4) is 0 Å². The smallest absolute Gasteiger partial charge is 0.245 e. The minimum Gasteiger partial charge on any atom is -0.344 e. The molecule has 1 aromatic rings. The van der Waals surface area contributed by atoms with E-state index in [1.807, 2.05) is 10.3 Å². The second kappa shape index (κ2) is 5.28. The molecule has 0 spiro atoms. The Morgan fingerprint density at radius 3 is 3.00 bits per heavy atom. The Morgan fingerprint density at radius 2 is 2.32 bits per heavy atom. The van der Waals surface area contributed by atoms with Crippen LogP contribution in [0, 0.1) is 0 Å². The van der Waals surface area contributed by atoms with Crippen molar-refractivity contribution in [2.75, 3.05) is 6.54 Å². The topological polar surface area (TPSA) is 62.3 Å². The fraction of sp³-hybridized carbons (Fsp3) is 0.615. The predicted molar refractivity (Wildman–Crippen MR) is 71.6 cm³/mol. The monoisotopic (exact) mass is 279 g/mol. The zero-order chi connectivity index (χ0) is 13.2. The van der Waals surface area contributed by atoms with E-state index >= 15 is 0 Å². The Hall–Kier alpha value is -1.43. The molecule has 2 aliphatic heterocycles. The van der Waals surface area contributed by atoms with Gasteiger partial charge in [-0.2, -0.15) is 0 Å². The largest absolute Gasteiger partial charge is 0.344 e. The van der Waals surface area contributed by atoms with Crippen LogP contribution < -0.4 is 5.32 Å². The van der Waals surface area contributed by atoms with Crippen molar-refractivity contribution in [1.29, 1.82) is 0 Å². The van der Waals surface area contributed by atoms with Crippen LogP contribution >= 0.6 is 11.3 Å². The van der Waals surface area contributed by atoms with E-state index in [1.165, 1.54) is 0 Å². The molecule has 19 heavy (non-hydrogen) atoms. The van der Waals surface area contributed by atoms with Crippen molar-refractivity contribution in [3.05, 3.63) is 16.6 Å². The van der Waals surface area contributed by atoms with Crippen LogP contribution in [0.2, 0.25) is 0 Å². The highest BCUT2D eigenvalue weighted by Crippen LogP contribution is 2.33. The van der Waals surface area contributed by atoms with Crippen molar-refractivity contribution >= 4 is 23.2 Å². The second-order valence-corrected chi connectivity index (χ2v) is 6.00. The summed E-state index contributed by atoms with van der Waals surface area (Å²) in [7, 11) is 0. The predicted octanol–water partition coefficient (Wildman–Crippen LogP) is 1.48. The number of piperidine rings is 1. The molecule has 1 aromatic heterocycles. The van der Waals surface area contributed by atoms with Crippen molar-refractivity contribution < 1.29 is 9.59 Å². The molecule has 0 bridgehead atoms. The summed E-state index contributed by atoms with van der Waals surface area (Å²) in [4.78, 5) is 30.1. The van der Waals surface area contributed by atoms with Crippen molar-refractivity contribution in [1.82, 2.24) is 15.2 Å². The Morgan fingerprint density at radius 1 is 1.42 bits per heavy atom. The quantitative estimate of drug-likeness (QED) is 0.892. The molecule has 2 fully saturated rings. The van der Waals surface area contributed by atoms with Crippen LogP contribution in [0.4, 0.5) is 0 Å². The average molecular weight is 279 g/mol. The number of likely N-dealkylation sites (tertiary alicyclic amines) is 1. The summed E-state index contributed by atoms with van der Waals surface area (Å²) in [5.74, 6) is 0.0481. The third kappa shape index (κ3) is 2.49. The molecule has 1 N–H and O–H groups in total. The first-order valence-electron chi connectivity index (χ1n) is 6.75. The molecule has 0 saturated carbocycles. The van der Waals surface area contributed by atoms with Crippen molar-refractivity contribution in [3.63, 3.8) is 0 Å². The number of aromatic nitrogens is 1. The van der Waals surface area contributed by atoms with E-state index in [9.17, 15) is 9.59 Å². The lowest BCUT2D eigenvalue weighted by Gasteiger charge is -2.36. The SMILES string of the molecule is O=C1CC[C@H](C(=O)N2CCCC[C@@H]2c2nccs2)N1. The van der Waals surface area contributed by atoms with Crippen LogP contribution in [-0.4, -0.2) is 34.3 Å². The van der Waals surface area contributed by atoms with Crippen LogP contribution in [0.15, 0.2) is 11.6 Å².